The fourth-order valence-corrected chi connectivity index (χ4v) is 16.8. The number of alkyl halides is 4. The summed E-state index contributed by atoms with van der Waals surface area (Å²) in [5.41, 5.74) is 0.256. The van der Waals surface area contributed by atoms with Gasteiger partial charge in [0.2, 0.25) is 0 Å². The fraction of sp³-hybridized carbons (Fsp3) is 0.767. The molecule has 0 aliphatic heterocycles. The molecule has 1 N–H and O–H groups in total. The molecule has 9 unspecified atom stereocenters. The number of hydrogen-bond donors (Lipinski definition) is 1. The first-order valence-electron chi connectivity index (χ1n) is 14.0. The van der Waals surface area contributed by atoms with Gasteiger partial charge in [-0.05, 0) is 0 Å². The van der Waals surface area contributed by atoms with E-state index in [4.69, 9.17) is 0 Å². The number of ketones is 2. The molecule has 3 saturated carbocycles. The molecule has 0 saturated heterocycles. The van der Waals surface area contributed by atoms with Gasteiger partial charge >= 0.3 is 277 Å². The Bertz CT molecular complexity index is 1160. The number of aliphatic hydroxyl groups is 1. The van der Waals surface area contributed by atoms with Crippen LogP contribution in [0.25, 0.3) is 0 Å². The van der Waals surface area contributed by atoms with Crippen molar-refractivity contribution in [3.05, 3.63) is 23.5 Å². The van der Waals surface area contributed by atoms with Gasteiger partial charge < -0.3 is 0 Å². The number of halogens is 4. The Morgan fingerprint density at radius 1 is 1.05 bits per heavy atom. The fourth-order valence-electron chi connectivity index (χ4n) is 9.82. The second-order valence-corrected chi connectivity index (χ2v) is 22.3. The average Bonchev–Trinajstić information content (AvgIpc) is 2.82. The van der Waals surface area contributed by atoms with Gasteiger partial charge in [0.1, 0.15) is 0 Å². The van der Waals surface area contributed by atoms with Crippen molar-refractivity contribution in [2.45, 2.75) is 96.3 Å². The van der Waals surface area contributed by atoms with Crippen LogP contribution in [-0.4, -0.2) is 35.2 Å². The van der Waals surface area contributed by atoms with Crippen molar-refractivity contribution in [3.8, 4) is 0 Å². The standard InChI is InChI=1S/C30H39I4O4/c1-6-34-23(37)16-28-11-7-8-17(2)30(28,33)29(32)20(10-13-28)25(3)12-9-19-26(4,21(25)14-22(29)36)15-18(35)24(38)27(19,5)31/h14-15,17,19-20,35H,6-13,16H2,1-5H3/q-1. The molecule has 0 aromatic heterocycles. The van der Waals surface area contributed by atoms with E-state index in [0.29, 0.717) is 16.1 Å². The number of hydrogen-bond acceptors (Lipinski definition) is 4. The zero-order chi connectivity index (χ0) is 28.1. The Kier molecular flexibility index (Phi) is 7.96. The van der Waals surface area contributed by atoms with Gasteiger partial charge in [-0.25, -0.2) is 0 Å². The zero-order valence-electron chi connectivity index (χ0n) is 22.9. The van der Waals surface area contributed by atoms with E-state index in [0.717, 1.165) is 54.9 Å². The van der Waals surface area contributed by atoms with Crippen LogP contribution in [0.3, 0.4) is 0 Å². The van der Waals surface area contributed by atoms with Crippen molar-refractivity contribution in [1.82, 2.24) is 0 Å². The normalized spacial score (nSPS) is 50.3. The Morgan fingerprint density at radius 3 is 2.37 bits per heavy atom. The number of fused-ring (bicyclic) bond motifs is 7. The van der Waals surface area contributed by atoms with Crippen molar-refractivity contribution >= 4 is 83.1 Å². The van der Waals surface area contributed by atoms with Gasteiger partial charge in [0.05, 0.1) is 0 Å². The number of rotatable bonds is 4. The summed E-state index contributed by atoms with van der Waals surface area (Å²) < 4.78 is -0.128. The molecule has 0 bridgehead atoms. The third kappa shape index (κ3) is 3.81. The van der Waals surface area contributed by atoms with Gasteiger partial charge in [-0.3, -0.25) is 4.79 Å². The zero-order valence-corrected chi connectivity index (χ0v) is 31.6. The minimum absolute atomic E-state index is 0.0354. The van der Waals surface area contributed by atoms with Crippen molar-refractivity contribution < 1.29 is 40.7 Å². The molecular formula is C30H39I4O4-. The predicted octanol–water partition coefficient (Wildman–Crippen LogP) is 4.73. The van der Waals surface area contributed by atoms with Gasteiger partial charge in [-0.2, -0.15) is 0 Å². The first-order chi connectivity index (χ1) is 17.6. The summed E-state index contributed by atoms with van der Waals surface area (Å²) >= 11 is 7.08. The summed E-state index contributed by atoms with van der Waals surface area (Å²) in [6.07, 6.45) is 11.5. The van der Waals surface area contributed by atoms with Crippen molar-refractivity contribution in [3.63, 3.8) is 0 Å². The predicted molar refractivity (Wildman–Crippen MR) is 172 cm³/mol. The molecule has 3 fully saturated rings. The van der Waals surface area contributed by atoms with E-state index in [2.05, 4.69) is 95.5 Å². The Balaban J connectivity index is 1.69. The molecule has 0 amide bonds. The third-order valence-electron chi connectivity index (χ3n) is 11.5. The molecule has 212 valence electrons. The first kappa shape index (κ1) is 30.7. The second-order valence-electron chi connectivity index (χ2n) is 13.2. The van der Waals surface area contributed by atoms with E-state index in [9.17, 15) is 19.5 Å². The summed E-state index contributed by atoms with van der Waals surface area (Å²) in [5.74, 6) is 0.398. The van der Waals surface area contributed by atoms with Crippen LogP contribution in [0.15, 0.2) is 23.5 Å². The summed E-state index contributed by atoms with van der Waals surface area (Å²) in [5, 5.41) is 10.8. The topological polar surface area (TPSA) is 71.4 Å². The van der Waals surface area contributed by atoms with Crippen LogP contribution in [0.5, 0.6) is 0 Å². The maximum atomic E-state index is 14.7. The van der Waals surface area contributed by atoms with Crippen LogP contribution >= 0.6 is 67.8 Å². The molecule has 0 aromatic carbocycles. The van der Waals surface area contributed by atoms with E-state index in [1.54, 1.807) is 6.08 Å². The minimum atomic E-state index is -0.706. The molecule has 0 radical (unpaired) electrons. The summed E-state index contributed by atoms with van der Waals surface area (Å²) in [4.78, 5) is 41.0. The molecule has 0 aromatic rings. The first-order valence-corrected chi connectivity index (χ1v) is 19.8. The molecule has 5 aliphatic carbocycles. The van der Waals surface area contributed by atoms with Crippen LogP contribution in [0, 0.1) is 34.0 Å². The van der Waals surface area contributed by atoms with Gasteiger partial charge in [0, 0.05) is 0 Å². The van der Waals surface area contributed by atoms with Crippen LogP contribution in [0.4, 0.5) is 0 Å². The third-order valence-corrected chi connectivity index (χ3v) is 20.9. The maximum absolute atomic E-state index is 14.7. The van der Waals surface area contributed by atoms with E-state index in [1.807, 2.05) is 13.0 Å². The Morgan fingerprint density at radius 2 is 1.71 bits per heavy atom. The molecule has 5 aliphatic rings. The quantitative estimate of drug-likeness (QED) is 0.252. The monoisotopic (exact) mass is 971 g/mol. The van der Waals surface area contributed by atoms with E-state index in [-0.39, 0.29) is 43.4 Å². The van der Waals surface area contributed by atoms with Crippen LogP contribution in [0.1, 0.15) is 86.0 Å². The van der Waals surface area contributed by atoms with Crippen LogP contribution < -0.4 is 21.2 Å². The molecule has 38 heavy (non-hydrogen) atoms. The van der Waals surface area contributed by atoms with Gasteiger partial charge in [-0.15, -0.1) is 0 Å². The van der Waals surface area contributed by atoms with Gasteiger partial charge in [0.25, 0.3) is 0 Å². The molecule has 9 atom stereocenters. The number of aliphatic hydroxyl groups excluding tert-OH is 1. The van der Waals surface area contributed by atoms with E-state index >= 15 is 0 Å². The SMILES string of the molecule is CC[I-]C(=O)CC12CCCC(C)C1(I)C1(I)C(=O)C=C3C4(C)C=C(O)C(=O)C(C)(I)C4CCC3(C)C1CC2. The number of carbonyl (C=O) groups is 3. The molecule has 0 heterocycles. The molecule has 4 nitrogen and oxygen atoms in total. The summed E-state index contributed by atoms with van der Waals surface area (Å²) in [6.45, 7) is 10.9. The van der Waals surface area contributed by atoms with Gasteiger partial charge in [0.15, 0.2) is 0 Å². The number of carbonyl (C=O) groups excluding carboxylic acids is 3. The van der Waals surface area contributed by atoms with E-state index in [1.165, 1.54) is 0 Å². The number of Topliss-reactive ketones (excluding diaryl/α,β-unsaturated/α-hetero) is 1. The summed E-state index contributed by atoms with van der Waals surface area (Å²) in [7, 11) is 0. The molecular weight excluding hydrogens is 932 g/mol. The van der Waals surface area contributed by atoms with Crippen molar-refractivity contribution in [2.75, 3.05) is 4.43 Å². The molecule has 5 rings (SSSR count). The van der Waals surface area contributed by atoms with E-state index < -0.39 is 33.5 Å². The van der Waals surface area contributed by atoms with Crippen LogP contribution in [0.2, 0.25) is 0 Å². The van der Waals surface area contributed by atoms with Gasteiger partial charge in [-0.1, -0.05) is 0 Å². The van der Waals surface area contributed by atoms with Crippen LogP contribution in [-0.2, 0) is 14.4 Å². The molecule has 8 heteroatoms. The number of allylic oxidation sites excluding steroid dienone is 4. The second kappa shape index (κ2) is 9.87. The molecule has 0 spiro atoms. The Labute approximate surface area is 278 Å². The van der Waals surface area contributed by atoms with Crippen molar-refractivity contribution in [2.24, 2.45) is 34.0 Å². The average molecular weight is 971 g/mol. The Hall–Kier alpha value is 1.21. The summed E-state index contributed by atoms with van der Waals surface area (Å²) in [6, 6.07) is 0. The van der Waals surface area contributed by atoms with Crippen molar-refractivity contribution in [1.29, 1.82) is 0 Å².